The number of nitrogens with one attached hydrogen (secondary N) is 1. The minimum Gasteiger partial charge on any atom is -0.395 e. The SMILES string of the molecule is CCCCCSCCNCCO. The first kappa shape index (κ1) is 12.3. The van der Waals surface area contributed by atoms with Gasteiger partial charge in [0.15, 0.2) is 0 Å². The Morgan fingerprint density at radius 1 is 1.17 bits per heavy atom. The molecule has 2 nitrogen and oxygen atoms in total. The van der Waals surface area contributed by atoms with E-state index < -0.39 is 0 Å². The van der Waals surface area contributed by atoms with Crippen LogP contribution in [0.2, 0.25) is 0 Å². The van der Waals surface area contributed by atoms with Crippen molar-refractivity contribution in [1.29, 1.82) is 0 Å². The molecule has 0 aromatic heterocycles. The molecule has 0 aliphatic rings. The first-order chi connectivity index (χ1) is 5.91. The second-order valence-electron chi connectivity index (χ2n) is 2.79. The van der Waals surface area contributed by atoms with Crippen molar-refractivity contribution >= 4 is 11.8 Å². The zero-order valence-corrected chi connectivity index (χ0v) is 8.83. The number of aliphatic hydroxyl groups excluding tert-OH is 1. The summed E-state index contributed by atoms with van der Waals surface area (Å²) in [7, 11) is 0. The fourth-order valence-corrected chi connectivity index (χ4v) is 1.81. The summed E-state index contributed by atoms with van der Waals surface area (Å²) in [4.78, 5) is 0. The van der Waals surface area contributed by atoms with Gasteiger partial charge < -0.3 is 10.4 Å². The molecule has 0 amide bonds. The van der Waals surface area contributed by atoms with Crippen LogP contribution < -0.4 is 5.32 Å². The summed E-state index contributed by atoms with van der Waals surface area (Å²) >= 11 is 2.00. The minimum absolute atomic E-state index is 0.250. The maximum atomic E-state index is 8.47. The number of hydrogen-bond donors (Lipinski definition) is 2. The van der Waals surface area contributed by atoms with Gasteiger partial charge in [0, 0.05) is 18.8 Å². The number of hydrogen-bond acceptors (Lipinski definition) is 3. The molecule has 0 saturated heterocycles. The van der Waals surface area contributed by atoms with Crippen LogP contribution in [0, 0.1) is 0 Å². The van der Waals surface area contributed by atoms with Gasteiger partial charge >= 0.3 is 0 Å². The molecule has 0 aliphatic carbocycles. The van der Waals surface area contributed by atoms with Crippen LogP contribution >= 0.6 is 11.8 Å². The van der Waals surface area contributed by atoms with Crippen LogP contribution in [0.15, 0.2) is 0 Å². The van der Waals surface area contributed by atoms with Gasteiger partial charge in [-0.15, -0.1) is 0 Å². The molecule has 0 aliphatic heterocycles. The van der Waals surface area contributed by atoms with Gasteiger partial charge in [-0.05, 0) is 12.2 Å². The van der Waals surface area contributed by atoms with Crippen molar-refractivity contribution in [3.63, 3.8) is 0 Å². The third-order valence-electron chi connectivity index (χ3n) is 1.60. The van der Waals surface area contributed by atoms with Gasteiger partial charge in [0.2, 0.25) is 0 Å². The van der Waals surface area contributed by atoms with E-state index in [-0.39, 0.29) is 6.61 Å². The van der Waals surface area contributed by atoms with Gasteiger partial charge in [-0.2, -0.15) is 11.8 Å². The molecule has 0 rings (SSSR count). The van der Waals surface area contributed by atoms with Crippen LogP contribution in [0.5, 0.6) is 0 Å². The summed E-state index contributed by atoms with van der Waals surface area (Å²) in [5.41, 5.74) is 0. The smallest absolute Gasteiger partial charge is 0.0555 e. The molecule has 3 heteroatoms. The highest BCUT2D eigenvalue weighted by atomic mass is 32.2. The quantitative estimate of drug-likeness (QED) is 0.542. The molecular weight excluding hydrogens is 170 g/mol. The van der Waals surface area contributed by atoms with E-state index in [9.17, 15) is 0 Å². The third kappa shape index (κ3) is 10.3. The van der Waals surface area contributed by atoms with Crippen molar-refractivity contribution in [3.8, 4) is 0 Å². The van der Waals surface area contributed by atoms with Crippen LogP contribution in [-0.4, -0.2) is 36.3 Å². The van der Waals surface area contributed by atoms with Crippen molar-refractivity contribution in [2.45, 2.75) is 26.2 Å². The van der Waals surface area contributed by atoms with E-state index in [1.807, 2.05) is 11.8 Å². The zero-order chi connectivity index (χ0) is 9.07. The van der Waals surface area contributed by atoms with Crippen molar-refractivity contribution < 1.29 is 5.11 Å². The Kier molecular flexibility index (Phi) is 11.5. The average Bonchev–Trinajstić information content (AvgIpc) is 2.10. The molecule has 74 valence electrons. The van der Waals surface area contributed by atoms with Crippen molar-refractivity contribution in [1.82, 2.24) is 5.32 Å². The van der Waals surface area contributed by atoms with Gasteiger partial charge in [-0.1, -0.05) is 19.8 Å². The summed E-state index contributed by atoms with van der Waals surface area (Å²) in [6, 6.07) is 0. The Hall–Kier alpha value is 0.270. The summed E-state index contributed by atoms with van der Waals surface area (Å²) in [6.45, 7) is 4.24. The lowest BCUT2D eigenvalue weighted by molar-refractivity contribution is 0.294. The molecule has 0 atom stereocenters. The predicted octanol–water partition coefficient (Wildman–Crippen LogP) is 1.49. The second-order valence-corrected chi connectivity index (χ2v) is 4.02. The van der Waals surface area contributed by atoms with Crippen molar-refractivity contribution in [2.24, 2.45) is 0 Å². The molecule has 0 radical (unpaired) electrons. The molecular formula is C9H21NOS. The highest BCUT2D eigenvalue weighted by molar-refractivity contribution is 7.99. The molecule has 0 aromatic carbocycles. The van der Waals surface area contributed by atoms with E-state index in [1.165, 1.54) is 30.8 Å². The maximum Gasteiger partial charge on any atom is 0.0555 e. The van der Waals surface area contributed by atoms with E-state index in [0.29, 0.717) is 0 Å². The monoisotopic (exact) mass is 191 g/mol. The zero-order valence-electron chi connectivity index (χ0n) is 8.01. The highest BCUT2D eigenvalue weighted by Crippen LogP contribution is 2.04. The number of aliphatic hydroxyl groups is 1. The molecule has 0 bridgehead atoms. The van der Waals surface area contributed by atoms with Crippen LogP contribution in [0.4, 0.5) is 0 Å². The fraction of sp³-hybridized carbons (Fsp3) is 1.00. The summed E-state index contributed by atoms with van der Waals surface area (Å²) < 4.78 is 0. The predicted molar refractivity (Wildman–Crippen MR) is 56.8 cm³/mol. The van der Waals surface area contributed by atoms with E-state index in [1.54, 1.807) is 0 Å². The molecule has 0 saturated carbocycles. The van der Waals surface area contributed by atoms with Crippen molar-refractivity contribution in [2.75, 3.05) is 31.2 Å². The van der Waals surface area contributed by atoms with Crippen LogP contribution in [0.1, 0.15) is 26.2 Å². The van der Waals surface area contributed by atoms with Crippen LogP contribution in [-0.2, 0) is 0 Å². The Bertz CT molecular complexity index is 70.9. The maximum absolute atomic E-state index is 8.47. The Morgan fingerprint density at radius 3 is 2.67 bits per heavy atom. The Morgan fingerprint density at radius 2 is 2.00 bits per heavy atom. The van der Waals surface area contributed by atoms with E-state index in [4.69, 9.17) is 5.11 Å². The topological polar surface area (TPSA) is 32.3 Å². The van der Waals surface area contributed by atoms with Gasteiger partial charge in [-0.3, -0.25) is 0 Å². The first-order valence-corrected chi connectivity index (χ1v) is 5.96. The minimum atomic E-state index is 0.250. The van der Waals surface area contributed by atoms with Crippen LogP contribution in [0.25, 0.3) is 0 Å². The van der Waals surface area contributed by atoms with Crippen molar-refractivity contribution in [3.05, 3.63) is 0 Å². The number of rotatable bonds is 9. The van der Waals surface area contributed by atoms with Gasteiger partial charge in [0.25, 0.3) is 0 Å². The molecule has 0 spiro atoms. The van der Waals surface area contributed by atoms with E-state index in [0.717, 1.165) is 13.1 Å². The molecule has 0 unspecified atom stereocenters. The third-order valence-corrected chi connectivity index (χ3v) is 2.67. The average molecular weight is 191 g/mol. The number of thioether (sulfide) groups is 1. The molecule has 0 fully saturated rings. The molecule has 12 heavy (non-hydrogen) atoms. The first-order valence-electron chi connectivity index (χ1n) is 4.81. The van der Waals surface area contributed by atoms with Gasteiger partial charge in [-0.25, -0.2) is 0 Å². The largest absolute Gasteiger partial charge is 0.395 e. The Labute approximate surface area is 80.1 Å². The molecule has 0 aromatic rings. The number of unbranched alkanes of at least 4 members (excludes halogenated alkanes) is 2. The van der Waals surface area contributed by atoms with Crippen LogP contribution in [0.3, 0.4) is 0 Å². The lowest BCUT2D eigenvalue weighted by atomic mass is 10.3. The lowest BCUT2D eigenvalue weighted by Crippen LogP contribution is -2.20. The van der Waals surface area contributed by atoms with Gasteiger partial charge in [0.1, 0.15) is 0 Å². The van der Waals surface area contributed by atoms with Gasteiger partial charge in [0.05, 0.1) is 6.61 Å². The second kappa shape index (κ2) is 11.3. The fourth-order valence-electron chi connectivity index (χ4n) is 0.905. The molecule has 2 N–H and O–H groups in total. The summed E-state index contributed by atoms with van der Waals surface area (Å²) in [5, 5.41) is 11.6. The lowest BCUT2D eigenvalue weighted by Gasteiger charge is -2.02. The summed E-state index contributed by atoms with van der Waals surface area (Å²) in [5.74, 6) is 2.46. The Balaban J connectivity index is 2.73. The molecule has 0 heterocycles. The standard InChI is InChI=1S/C9H21NOS/c1-2-3-4-8-12-9-6-10-5-7-11/h10-11H,2-9H2,1H3. The normalized spacial score (nSPS) is 10.5. The highest BCUT2D eigenvalue weighted by Gasteiger charge is 1.89. The van der Waals surface area contributed by atoms with E-state index >= 15 is 0 Å². The van der Waals surface area contributed by atoms with E-state index in [2.05, 4.69) is 12.2 Å². The summed E-state index contributed by atoms with van der Waals surface area (Å²) in [6.07, 6.45) is 4.02.